The van der Waals surface area contributed by atoms with Gasteiger partial charge in [0.2, 0.25) is 0 Å². The molecule has 0 aromatic heterocycles. The Labute approximate surface area is 99.1 Å². The van der Waals surface area contributed by atoms with E-state index in [0.717, 1.165) is 5.56 Å². The van der Waals surface area contributed by atoms with Crippen molar-refractivity contribution in [3.8, 4) is 0 Å². The van der Waals surface area contributed by atoms with Gasteiger partial charge in [0, 0.05) is 18.5 Å². The fourth-order valence-electron chi connectivity index (χ4n) is 1.95. The summed E-state index contributed by atoms with van der Waals surface area (Å²) < 4.78 is 12.7. The van der Waals surface area contributed by atoms with Crippen molar-refractivity contribution in [1.82, 2.24) is 5.32 Å². The molecule has 1 aliphatic heterocycles. The molecule has 0 aliphatic carbocycles. The number of halogens is 2. The van der Waals surface area contributed by atoms with Crippen LogP contribution >= 0.6 is 12.4 Å². The second kappa shape index (κ2) is 4.80. The van der Waals surface area contributed by atoms with Crippen molar-refractivity contribution in [2.75, 3.05) is 13.1 Å². The molecule has 16 heavy (non-hydrogen) atoms. The summed E-state index contributed by atoms with van der Waals surface area (Å²) in [6, 6.07) is 6.08. The van der Waals surface area contributed by atoms with Gasteiger partial charge in [0.25, 0.3) is 0 Å². The molecule has 2 N–H and O–H groups in total. The van der Waals surface area contributed by atoms with E-state index in [9.17, 15) is 9.18 Å². The molecule has 1 saturated heterocycles. The summed E-state index contributed by atoms with van der Waals surface area (Å²) in [5.74, 6) is -1.11. The van der Waals surface area contributed by atoms with Crippen molar-refractivity contribution >= 4 is 18.4 Å². The zero-order chi connectivity index (χ0) is 10.9. The van der Waals surface area contributed by atoms with E-state index in [0.29, 0.717) is 13.1 Å². The van der Waals surface area contributed by atoms with Gasteiger partial charge < -0.3 is 10.4 Å². The zero-order valence-corrected chi connectivity index (χ0v) is 9.39. The number of benzene rings is 1. The number of carboxylic acid groups (broad SMARTS) is 1. The first-order chi connectivity index (χ1) is 7.12. The molecule has 0 amide bonds. The summed E-state index contributed by atoms with van der Waals surface area (Å²) in [5.41, 5.74) is 0.546. The number of rotatable bonds is 3. The molecule has 0 atom stereocenters. The van der Waals surface area contributed by atoms with Crippen LogP contribution in [-0.2, 0) is 10.2 Å². The Kier molecular flexibility index (Phi) is 3.88. The van der Waals surface area contributed by atoms with Gasteiger partial charge >= 0.3 is 5.97 Å². The average molecular weight is 246 g/mol. The van der Waals surface area contributed by atoms with Crippen LogP contribution < -0.4 is 5.32 Å². The van der Waals surface area contributed by atoms with Crippen LogP contribution in [0.15, 0.2) is 24.3 Å². The molecule has 1 aromatic rings. The van der Waals surface area contributed by atoms with E-state index < -0.39 is 5.97 Å². The minimum atomic E-state index is -0.819. The Hall–Kier alpha value is -1.13. The monoisotopic (exact) mass is 245 g/mol. The van der Waals surface area contributed by atoms with Crippen LogP contribution in [0.1, 0.15) is 12.0 Å². The van der Waals surface area contributed by atoms with Gasteiger partial charge in [0.1, 0.15) is 5.82 Å². The molecule has 5 heteroatoms. The average Bonchev–Trinajstić information content (AvgIpc) is 2.13. The van der Waals surface area contributed by atoms with E-state index in [1.54, 1.807) is 12.1 Å². The van der Waals surface area contributed by atoms with E-state index in [1.165, 1.54) is 12.1 Å². The predicted octanol–water partition coefficient (Wildman–Crippen LogP) is 1.56. The molecular weight excluding hydrogens is 233 g/mol. The molecule has 0 radical (unpaired) electrons. The second-order valence-electron chi connectivity index (χ2n) is 3.96. The predicted molar refractivity (Wildman–Crippen MR) is 60.4 cm³/mol. The summed E-state index contributed by atoms with van der Waals surface area (Å²) >= 11 is 0. The molecule has 0 saturated carbocycles. The summed E-state index contributed by atoms with van der Waals surface area (Å²) in [5, 5.41) is 11.9. The van der Waals surface area contributed by atoms with Crippen LogP contribution in [0.25, 0.3) is 0 Å². The van der Waals surface area contributed by atoms with Crippen molar-refractivity contribution in [2.45, 2.75) is 11.8 Å². The number of hydrogen-bond donors (Lipinski definition) is 2. The van der Waals surface area contributed by atoms with Gasteiger partial charge in [-0.25, -0.2) is 4.39 Å². The van der Waals surface area contributed by atoms with Gasteiger partial charge in [0.05, 0.1) is 6.42 Å². The van der Waals surface area contributed by atoms with Crippen molar-refractivity contribution < 1.29 is 14.3 Å². The Morgan fingerprint density at radius 3 is 2.31 bits per heavy atom. The maximum absolute atomic E-state index is 12.7. The molecule has 3 nitrogen and oxygen atoms in total. The minimum Gasteiger partial charge on any atom is -0.481 e. The Balaban J connectivity index is 0.00000128. The van der Waals surface area contributed by atoms with Gasteiger partial charge in [-0.15, -0.1) is 12.4 Å². The van der Waals surface area contributed by atoms with Crippen molar-refractivity contribution in [3.05, 3.63) is 35.6 Å². The summed E-state index contributed by atoms with van der Waals surface area (Å²) in [6.45, 7) is 1.29. The lowest BCUT2D eigenvalue weighted by atomic mass is 9.73. The fourth-order valence-corrected chi connectivity index (χ4v) is 1.95. The number of carboxylic acids is 1. The zero-order valence-electron chi connectivity index (χ0n) is 8.57. The lowest BCUT2D eigenvalue weighted by Gasteiger charge is -2.42. The lowest BCUT2D eigenvalue weighted by Crippen LogP contribution is -2.57. The molecule has 1 aliphatic rings. The highest BCUT2D eigenvalue weighted by atomic mass is 35.5. The molecule has 1 fully saturated rings. The van der Waals surface area contributed by atoms with Gasteiger partial charge in [-0.1, -0.05) is 12.1 Å². The van der Waals surface area contributed by atoms with E-state index in [-0.39, 0.29) is 30.1 Å². The first-order valence-electron chi connectivity index (χ1n) is 4.81. The number of aliphatic carboxylic acids is 1. The molecule has 1 aromatic carbocycles. The third-order valence-electron chi connectivity index (χ3n) is 2.87. The third kappa shape index (κ3) is 2.33. The topological polar surface area (TPSA) is 49.3 Å². The van der Waals surface area contributed by atoms with E-state index in [2.05, 4.69) is 5.32 Å². The first kappa shape index (κ1) is 12.9. The maximum atomic E-state index is 12.7. The van der Waals surface area contributed by atoms with Crippen LogP contribution in [0, 0.1) is 5.82 Å². The lowest BCUT2D eigenvalue weighted by molar-refractivity contribution is -0.139. The van der Waals surface area contributed by atoms with Gasteiger partial charge in [-0.05, 0) is 17.7 Å². The molecule has 88 valence electrons. The van der Waals surface area contributed by atoms with Gasteiger partial charge in [-0.3, -0.25) is 4.79 Å². The summed E-state index contributed by atoms with van der Waals surface area (Å²) in [4.78, 5) is 10.7. The summed E-state index contributed by atoms with van der Waals surface area (Å²) in [7, 11) is 0. The van der Waals surface area contributed by atoms with Crippen LogP contribution in [-0.4, -0.2) is 24.2 Å². The van der Waals surface area contributed by atoms with Crippen LogP contribution in [0.4, 0.5) is 4.39 Å². The van der Waals surface area contributed by atoms with Gasteiger partial charge in [-0.2, -0.15) is 0 Å². The molecule has 2 rings (SSSR count). The summed E-state index contributed by atoms with van der Waals surface area (Å²) in [6.07, 6.45) is 0.0889. The van der Waals surface area contributed by atoms with Crippen LogP contribution in [0.3, 0.4) is 0 Å². The second-order valence-corrected chi connectivity index (χ2v) is 3.96. The highest BCUT2D eigenvalue weighted by molar-refractivity contribution is 5.85. The number of hydrogen-bond acceptors (Lipinski definition) is 2. The smallest absolute Gasteiger partial charge is 0.304 e. The van der Waals surface area contributed by atoms with Crippen LogP contribution in [0.5, 0.6) is 0 Å². The fraction of sp³-hybridized carbons (Fsp3) is 0.364. The molecular formula is C11H13ClFNO2. The van der Waals surface area contributed by atoms with Crippen molar-refractivity contribution in [2.24, 2.45) is 0 Å². The normalized spacial score (nSPS) is 17.1. The molecule has 0 spiro atoms. The largest absolute Gasteiger partial charge is 0.481 e. The SMILES string of the molecule is Cl.O=C(O)CC1(c2ccc(F)cc2)CNC1. The Morgan fingerprint density at radius 2 is 1.94 bits per heavy atom. The van der Waals surface area contributed by atoms with E-state index in [4.69, 9.17) is 5.11 Å². The molecule has 0 unspecified atom stereocenters. The molecule has 0 bridgehead atoms. The quantitative estimate of drug-likeness (QED) is 0.850. The minimum absolute atomic E-state index is 0. The highest BCUT2D eigenvalue weighted by Crippen LogP contribution is 2.32. The number of nitrogens with one attached hydrogen (secondary N) is 1. The standard InChI is InChI=1S/C11H12FNO2.ClH/c12-9-3-1-8(2-4-9)11(5-10(14)15)6-13-7-11;/h1-4,13H,5-7H2,(H,14,15);1H. The Bertz CT molecular complexity index is 376. The Morgan fingerprint density at radius 1 is 1.38 bits per heavy atom. The van der Waals surface area contributed by atoms with Gasteiger partial charge in [0.15, 0.2) is 0 Å². The first-order valence-corrected chi connectivity index (χ1v) is 4.81. The highest BCUT2D eigenvalue weighted by Gasteiger charge is 2.40. The van der Waals surface area contributed by atoms with E-state index >= 15 is 0 Å². The van der Waals surface area contributed by atoms with Crippen molar-refractivity contribution in [1.29, 1.82) is 0 Å². The van der Waals surface area contributed by atoms with E-state index in [1.807, 2.05) is 0 Å². The maximum Gasteiger partial charge on any atom is 0.304 e. The third-order valence-corrected chi connectivity index (χ3v) is 2.87. The van der Waals surface area contributed by atoms with Crippen molar-refractivity contribution in [3.63, 3.8) is 0 Å². The number of carbonyl (C=O) groups is 1. The van der Waals surface area contributed by atoms with Crippen LogP contribution in [0.2, 0.25) is 0 Å². The molecule has 1 heterocycles.